The Hall–Kier alpha value is -3.48. The number of allylic oxidation sites excluding steroid dienone is 20. The van der Waals surface area contributed by atoms with Crippen LogP contribution in [0.15, 0.2) is 118 Å². The Morgan fingerprint density at radius 1 is 1.00 bits per heavy atom. The van der Waals surface area contributed by atoms with Gasteiger partial charge in [0, 0.05) is 24.2 Å². The zero-order valence-electron chi connectivity index (χ0n) is 26.7. The fraction of sp³-hybridized carbons (Fsp3) is 0.400. The zero-order chi connectivity index (χ0) is 29.8. The molecule has 1 unspecified atom stereocenters. The highest BCUT2D eigenvalue weighted by Gasteiger charge is 2.24. The van der Waals surface area contributed by atoms with Gasteiger partial charge in [0.1, 0.15) is 0 Å². The summed E-state index contributed by atoms with van der Waals surface area (Å²) in [6, 6.07) is 0. The van der Waals surface area contributed by atoms with Crippen molar-refractivity contribution < 1.29 is 0 Å². The predicted molar refractivity (Wildman–Crippen MR) is 178 cm³/mol. The molecule has 0 N–H and O–H groups in total. The van der Waals surface area contributed by atoms with Crippen LogP contribution in [0.4, 0.5) is 0 Å². The Morgan fingerprint density at radius 3 is 2.45 bits per heavy atom. The van der Waals surface area contributed by atoms with E-state index in [-0.39, 0.29) is 16.7 Å². The first-order chi connectivity index (χ1) is 18.8. The van der Waals surface area contributed by atoms with Crippen molar-refractivity contribution in [2.24, 2.45) is 16.7 Å². The third-order valence-corrected chi connectivity index (χ3v) is 7.42. The maximum Gasteiger partial charge on any atom is 0.0299 e. The molecule has 2 rings (SSSR count). The molecule has 0 fully saturated rings. The average molecular weight is 531 g/mol. The summed E-state index contributed by atoms with van der Waals surface area (Å²) in [6.45, 7) is 22.1. The molecule has 210 valence electrons. The molecule has 0 bridgehead atoms. The molecule has 0 heteroatoms. The lowest BCUT2D eigenvalue weighted by molar-refractivity contribution is 0.456. The molecule has 0 aromatic rings. The first kappa shape index (κ1) is 32.7. The van der Waals surface area contributed by atoms with Crippen LogP contribution in [-0.2, 0) is 0 Å². The lowest BCUT2D eigenvalue weighted by Gasteiger charge is -2.29. The van der Waals surface area contributed by atoms with Crippen molar-refractivity contribution in [3.8, 4) is 23.7 Å². The maximum atomic E-state index is 3.36. The first-order valence-corrected chi connectivity index (χ1v) is 14.6. The lowest BCUT2D eigenvalue weighted by atomic mass is 9.75. The summed E-state index contributed by atoms with van der Waals surface area (Å²) < 4.78 is 0. The molecule has 0 saturated heterocycles. The van der Waals surface area contributed by atoms with Gasteiger partial charge in [-0.2, -0.15) is 0 Å². The second kappa shape index (κ2) is 15.3. The largest absolute Gasteiger partial charge is 0.0989 e. The van der Waals surface area contributed by atoms with E-state index in [0.717, 1.165) is 24.8 Å². The van der Waals surface area contributed by atoms with Gasteiger partial charge in [-0.1, -0.05) is 142 Å². The van der Waals surface area contributed by atoms with Gasteiger partial charge in [0.05, 0.1) is 0 Å². The Morgan fingerprint density at radius 2 is 1.75 bits per heavy atom. The number of hydrogen-bond acceptors (Lipinski definition) is 0. The van der Waals surface area contributed by atoms with E-state index < -0.39 is 0 Å². The minimum atomic E-state index is 0.0749. The van der Waals surface area contributed by atoms with Crippen LogP contribution < -0.4 is 0 Å². The van der Waals surface area contributed by atoms with Gasteiger partial charge in [-0.25, -0.2) is 0 Å². The summed E-state index contributed by atoms with van der Waals surface area (Å²) in [5, 5.41) is 0. The monoisotopic (exact) mass is 530 g/mol. The second-order valence-electron chi connectivity index (χ2n) is 12.5. The minimum Gasteiger partial charge on any atom is -0.0989 e. The summed E-state index contributed by atoms with van der Waals surface area (Å²) in [5.74, 6) is 13.4. The molecular formula is C40H50. The van der Waals surface area contributed by atoms with Crippen molar-refractivity contribution in [1.29, 1.82) is 0 Å². The van der Waals surface area contributed by atoms with Crippen molar-refractivity contribution in [3.05, 3.63) is 118 Å². The van der Waals surface area contributed by atoms with Crippen LogP contribution in [0.1, 0.15) is 88.5 Å². The van der Waals surface area contributed by atoms with Gasteiger partial charge in [-0.05, 0) is 80.4 Å². The van der Waals surface area contributed by atoms with Crippen LogP contribution in [0.3, 0.4) is 0 Å². The van der Waals surface area contributed by atoms with Gasteiger partial charge in [0.25, 0.3) is 0 Å². The van der Waals surface area contributed by atoms with Gasteiger partial charge < -0.3 is 0 Å². The molecule has 0 amide bonds. The van der Waals surface area contributed by atoms with Gasteiger partial charge >= 0.3 is 0 Å². The molecule has 0 aliphatic heterocycles. The number of rotatable bonds is 7. The van der Waals surface area contributed by atoms with Gasteiger partial charge in [-0.3, -0.25) is 0 Å². The van der Waals surface area contributed by atoms with Crippen LogP contribution >= 0.6 is 0 Å². The van der Waals surface area contributed by atoms with E-state index in [4.69, 9.17) is 0 Å². The molecule has 0 aromatic carbocycles. The second-order valence-corrected chi connectivity index (χ2v) is 12.5. The predicted octanol–water partition coefficient (Wildman–Crippen LogP) is 11.1. The standard InChI is InChI=1S/C40H50/c1-31(19-13-21-33(3)25-27-37-35(5)23-15-29-39(37,7)8)17-11-12-18-32(2)20-14-22-34(4)26-28-38-36(6)24-16-30-40(38,9)10/h13,15-17,19,21,23-28,30,32H,18,22,29H2,1-10H3/b19-13+,27-25+,31-17+,33-21+,34-26+,38-28+. The van der Waals surface area contributed by atoms with Crippen molar-refractivity contribution in [3.63, 3.8) is 0 Å². The van der Waals surface area contributed by atoms with Crippen LogP contribution in [0.25, 0.3) is 0 Å². The van der Waals surface area contributed by atoms with Gasteiger partial charge in [-0.15, -0.1) is 0 Å². The summed E-state index contributed by atoms with van der Waals surface area (Å²) in [5.41, 5.74) is 9.42. The minimum absolute atomic E-state index is 0.0749. The molecule has 0 spiro atoms. The van der Waals surface area contributed by atoms with Gasteiger partial charge in [0.2, 0.25) is 0 Å². The lowest BCUT2D eigenvalue weighted by Crippen LogP contribution is -2.16. The molecule has 0 nitrogen and oxygen atoms in total. The highest BCUT2D eigenvalue weighted by atomic mass is 14.3. The molecule has 0 saturated carbocycles. The van der Waals surface area contributed by atoms with Crippen molar-refractivity contribution in [1.82, 2.24) is 0 Å². The molecule has 40 heavy (non-hydrogen) atoms. The van der Waals surface area contributed by atoms with Crippen molar-refractivity contribution in [2.45, 2.75) is 88.5 Å². The Kier molecular flexibility index (Phi) is 12.6. The molecular weight excluding hydrogens is 480 g/mol. The van der Waals surface area contributed by atoms with E-state index in [1.54, 1.807) is 0 Å². The van der Waals surface area contributed by atoms with E-state index in [1.165, 1.54) is 33.4 Å². The molecule has 2 aliphatic carbocycles. The SMILES string of the molecule is CC1=CC=CC(C)(C)/C1=C/C=C(\C)CC#CC(C)CC#C/C=C(C)/C=C/C=C(C)/C=C/C1=C(C)C=CCC1(C)C. The smallest absolute Gasteiger partial charge is 0.0299 e. The highest BCUT2D eigenvalue weighted by molar-refractivity contribution is 5.46. The fourth-order valence-corrected chi connectivity index (χ4v) is 4.84. The van der Waals surface area contributed by atoms with E-state index >= 15 is 0 Å². The third-order valence-electron chi connectivity index (χ3n) is 7.42. The summed E-state index contributed by atoms with van der Waals surface area (Å²) in [4.78, 5) is 0. The summed E-state index contributed by atoms with van der Waals surface area (Å²) in [7, 11) is 0. The fourth-order valence-electron chi connectivity index (χ4n) is 4.84. The Balaban J connectivity index is 1.85. The van der Waals surface area contributed by atoms with E-state index in [2.05, 4.69) is 166 Å². The zero-order valence-corrected chi connectivity index (χ0v) is 26.7. The maximum absolute atomic E-state index is 3.36. The normalized spacial score (nSPS) is 20.9. The molecule has 0 radical (unpaired) electrons. The Bertz CT molecular complexity index is 1350. The van der Waals surface area contributed by atoms with Crippen LogP contribution in [0.2, 0.25) is 0 Å². The van der Waals surface area contributed by atoms with Crippen LogP contribution in [0, 0.1) is 40.4 Å². The van der Waals surface area contributed by atoms with Crippen LogP contribution in [0.5, 0.6) is 0 Å². The van der Waals surface area contributed by atoms with Crippen molar-refractivity contribution >= 4 is 0 Å². The molecule has 0 heterocycles. The van der Waals surface area contributed by atoms with E-state index in [0.29, 0.717) is 0 Å². The third kappa shape index (κ3) is 10.9. The highest BCUT2D eigenvalue weighted by Crippen LogP contribution is 2.38. The quantitative estimate of drug-likeness (QED) is 0.227. The summed E-state index contributed by atoms with van der Waals surface area (Å²) in [6.07, 6.45) is 31.1. The van der Waals surface area contributed by atoms with Crippen molar-refractivity contribution in [2.75, 3.05) is 0 Å². The topological polar surface area (TPSA) is 0 Å². The van der Waals surface area contributed by atoms with Gasteiger partial charge in [0.15, 0.2) is 0 Å². The van der Waals surface area contributed by atoms with E-state index in [9.17, 15) is 0 Å². The molecule has 0 aromatic heterocycles. The number of hydrogen-bond donors (Lipinski definition) is 0. The van der Waals surface area contributed by atoms with Crippen LogP contribution in [-0.4, -0.2) is 0 Å². The molecule has 2 aliphatic rings. The van der Waals surface area contributed by atoms with E-state index in [1.807, 2.05) is 6.08 Å². The summed E-state index contributed by atoms with van der Waals surface area (Å²) >= 11 is 0. The first-order valence-electron chi connectivity index (χ1n) is 14.6. The molecule has 1 atom stereocenters. The Labute approximate surface area is 246 Å². The average Bonchev–Trinajstić information content (AvgIpc) is 2.85.